The first-order valence-electron chi connectivity index (χ1n) is 11.2. The molecule has 0 radical (unpaired) electrons. The first kappa shape index (κ1) is 23.8. The van der Waals surface area contributed by atoms with Crippen molar-refractivity contribution in [2.24, 2.45) is 17.8 Å². The molecule has 2 N–H and O–H groups in total. The summed E-state index contributed by atoms with van der Waals surface area (Å²) in [7, 11) is 0. The Hall–Kier alpha value is -3.30. The molecule has 1 saturated heterocycles. The Morgan fingerprint density at radius 3 is 2.50 bits per heavy atom. The summed E-state index contributed by atoms with van der Waals surface area (Å²) in [6.07, 6.45) is 2.03. The van der Waals surface area contributed by atoms with Crippen molar-refractivity contribution >= 4 is 11.8 Å². The van der Waals surface area contributed by atoms with E-state index in [1.54, 1.807) is 4.90 Å². The van der Waals surface area contributed by atoms with Crippen LogP contribution in [0.2, 0.25) is 0 Å². The minimum atomic E-state index is -1.36. The van der Waals surface area contributed by atoms with Gasteiger partial charge in [-0.3, -0.25) is 14.4 Å². The van der Waals surface area contributed by atoms with Crippen LogP contribution < -0.4 is 10.7 Å². The molecule has 1 aromatic carbocycles. The van der Waals surface area contributed by atoms with E-state index in [0.717, 1.165) is 6.42 Å². The summed E-state index contributed by atoms with van der Waals surface area (Å²) >= 11 is 0. The Bertz CT molecular complexity index is 1230. The van der Waals surface area contributed by atoms with E-state index in [2.05, 4.69) is 26.1 Å². The van der Waals surface area contributed by atoms with E-state index in [0.29, 0.717) is 37.1 Å². The molecular formula is C24H26F3N3O4. The van der Waals surface area contributed by atoms with Crippen LogP contribution in [0.1, 0.15) is 53.6 Å². The first-order chi connectivity index (χ1) is 16.0. The largest absolute Gasteiger partial charge is 0.503 e. The van der Waals surface area contributed by atoms with Gasteiger partial charge >= 0.3 is 0 Å². The van der Waals surface area contributed by atoms with Crippen molar-refractivity contribution in [3.63, 3.8) is 0 Å². The number of nitrogens with one attached hydrogen (secondary N) is 1. The van der Waals surface area contributed by atoms with E-state index in [9.17, 15) is 32.7 Å². The highest BCUT2D eigenvalue weighted by Gasteiger charge is 2.45. The van der Waals surface area contributed by atoms with Gasteiger partial charge in [-0.25, -0.2) is 13.2 Å². The Balaban J connectivity index is 1.62. The second-order valence-electron chi connectivity index (χ2n) is 9.38. The number of aromatic hydroxyl groups is 1. The molecule has 0 aliphatic carbocycles. The summed E-state index contributed by atoms with van der Waals surface area (Å²) in [6.45, 7) is 6.71. The number of nitrogens with zero attached hydrogens (tertiary/aromatic N) is 2. The number of rotatable bonds is 5. The predicted octanol–water partition coefficient (Wildman–Crippen LogP) is 3.04. The monoisotopic (exact) mass is 477 g/mol. The fraction of sp³-hybridized carbons (Fsp3) is 0.458. The van der Waals surface area contributed by atoms with Crippen molar-refractivity contribution in [2.75, 3.05) is 6.54 Å². The maximum absolute atomic E-state index is 13.9. The van der Waals surface area contributed by atoms with Crippen LogP contribution in [-0.2, 0) is 13.1 Å². The lowest BCUT2D eigenvalue weighted by Gasteiger charge is -2.37. The number of fused-ring (bicyclic) bond motifs is 2. The summed E-state index contributed by atoms with van der Waals surface area (Å²) in [5, 5.41) is 12.8. The third kappa shape index (κ3) is 3.95. The Labute approximate surface area is 194 Å². The highest BCUT2D eigenvalue weighted by atomic mass is 19.2. The van der Waals surface area contributed by atoms with Crippen LogP contribution in [0.25, 0.3) is 0 Å². The molecule has 2 amide bonds. The summed E-state index contributed by atoms with van der Waals surface area (Å²) < 4.78 is 41.8. The molecule has 3 atom stereocenters. The number of carbonyl (C=O) groups excluding carboxylic acids is 2. The molecule has 4 rings (SSSR count). The second-order valence-corrected chi connectivity index (χ2v) is 9.38. The normalized spacial score (nSPS) is 20.3. The molecule has 7 nitrogen and oxygen atoms in total. The third-order valence-electron chi connectivity index (χ3n) is 7.20. The quantitative estimate of drug-likeness (QED) is 0.648. The zero-order chi connectivity index (χ0) is 24.9. The van der Waals surface area contributed by atoms with Crippen LogP contribution in [0.5, 0.6) is 5.75 Å². The fourth-order valence-electron chi connectivity index (χ4n) is 4.96. The van der Waals surface area contributed by atoms with Crippen molar-refractivity contribution in [1.82, 2.24) is 14.8 Å². The zero-order valence-corrected chi connectivity index (χ0v) is 19.1. The molecular weight excluding hydrogens is 451 g/mol. The molecule has 3 heterocycles. The molecule has 182 valence electrons. The van der Waals surface area contributed by atoms with Gasteiger partial charge in [-0.1, -0.05) is 20.8 Å². The van der Waals surface area contributed by atoms with Gasteiger partial charge in [0.2, 0.25) is 5.43 Å². The van der Waals surface area contributed by atoms with E-state index < -0.39 is 52.6 Å². The first-order valence-corrected chi connectivity index (χ1v) is 11.2. The predicted molar refractivity (Wildman–Crippen MR) is 117 cm³/mol. The smallest absolute Gasteiger partial charge is 0.274 e. The van der Waals surface area contributed by atoms with Gasteiger partial charge in [0, 0.05) is 37.5 Å². The van der Waals surface area contributed by atoms with Crippen LogP contribution in [0.3, 0.4) is 0 Å². The van der Waals surface area contributed by atoms with Crippen LogP contribution in [0, 0.1) is 35.2 Å². The van der Waals surface area contributed by atoms with Gasteiger partial charge in [-0.05, 0) is 30.2 Å². The SMILES string of the molecule is CC(C)[C@@H](C)C1CCN2C(=O)c3c(O)c(=O)c(C(=O)NCc4cc(F)c(F)cc4F)cn3C[C@@H]12. The van der Waals surface area contributed by atoms with Gasteiger partial charge in [-0.2, -0.15) is 0 Å². The molecule has 1 aromatic heterocycles. The number of halogens is 3. The van der Waals surface area contributed by atoms with Gasteiger partial charge in [0.1, 0.15) is 11.4 Å². The Morgan fingerprint density at radius 1 is 1.15 bits per heavy atom. The molecule has 0 bridgehead atoms. The summed E-state index contributed by atoms with van der Waals surface area (Å²) in [4.78, 5) is 40.2. The second kappa shape index (κ2) is 8.81. The lowest BCUT2D eigenvalue weighted by Crippen LogP contribution is -2.49. The van der Waals surface area contributed by atoms with E-state index in [4.69, 9.17) is 0 Å². The van der Waals surface area contributed by atoms with Crippen LogP contribution in [0.15, 0.2) is 23.1 Å². The number of aromatic nitrogens is 1. The molecule has 34 heavy (non-hydrogen) atoms. The van der Waals surface area contributed by atoms with Gasteiger partial charge in [0.15, 0.2) is 23.1 Å². The number of carbonyl (C=O) groups is 2. The Kier molecular flexibility index (Phi) is 6.18. The fourth-order valence-corrected chi connectivity index (χ4v) is 4.96. The number of amides is 2. The summed E-state index contributed by atoms with van der Waals surface area (Å²) in [6, 6.07) is 0.849. The van der Waals surface area contributed by atoms with Crippen LogP contribution >= 0.6 is 0 Å². The molecule has 0 spiro atoms. The van der Waals surface area contributed by atoms with E-state index in [-0.39, 0.29) is 23.2 Å². The van der Waals surface area contributed by atoms with Gasteiger partial charge in [-0.15, -0.1) is 0 Å². The number of pyridine rings is 1. The van der Waals surface area contributed by atoms with Gasteiger partial charge < -0.3 is 19.9 Å². The van der Waals surface area contributed by atoms with Gasteiger partial charge in [0.25, 0.3) is 11.8 Å². The van der Waals surface area contributed by atoms with Crippen molar-refractivity contribution in [3.8, 4) is 5.75 Å². The summed E-state index contributed by atoms with van der Waals surface area (Å²) in [5.41, 5.74) is -1.94. The molecule has 2 aliphatic heterocycles. The zero-order valence-electron chi connectivity index (χ0n) is 19.1. The topological polar surface area (TPSA) is 91.6 Å². The van der Waals surface area contributed by atoms with Crippen LogP contribution in [-0.4, -0.2) is 39.0 Å². The molecule has 10 heteroatoms. The molecule has 1 fully saturated rings. The van der Waals surface area contributed by atoms with E-state index >= 15 is 0 Å². The maximum atomic E-state index is 13.9. The lowest BCUT2D eigenvalue weighted by atomic mass is 9.80. The standard InChI is InChI=1S/C24H26F3N3O4/c1-11(2)12(3)14-4-5-30-19(14)10-29-9-15(21(31)22(32)20(29)24(30)34)23(33)28-8-13-6-17(26)18(27)7-16(13)25/h6-7,9,11-12,14,19,32H,4-5,8,10H2,1-3H3,(H,28,33)/t12-,14?,19+/m1/s1. The molecule has 2 aromatic rings. The van der Waals surface area contributed by atoms with Crippen molar-refractivity contribution < 1.29 is 27.9 Å². The minimum absolute atomic E-state index is 0.133. The number of hydrogen-bond donors (Lipinski definition) is 2. The van der Waals surface area contributed by atoms with E-state index in [1.807, 2.05) is 0 Å². The number of hydrogen-bond acceptors (Lipinski definition) is 4. The number of benzene rings is 1. The van der Waals surface area contributed by atoms with E-state index in [1.165, 1.54) is 10.8 Å². The molecule has 0 saturated carbocycles. The lowest BCUT2D eigenvalue weighted by molar-refractivity contribution is 0.0596. The average Bonchev–Trinajstić information content (AvgIpc) is 3.20. The van der Waals surface area contributed by atoms with Crippen molar-refractivity contribution in [2.45, 2.75) is 46.3 Å². The molecule has 2 aliphatic rings. The maximum Gasteiger partial charge on any atom is 0.274 e. The molecule has 1 unspecified atom stereocenters. The highest BCUT2D eigenvalue weighted by Crippen LogP contribution is 2.39. The summed E-state index contributed by atoms with van der Waals surface area (Å²) in [5.74, 6) is -4.94. The van der Waals surface area contributed by atoms with Crippen molar-refractivity contribution in [1.29, 1.82) is 0 Å². The van der Waals surface area contributed by atoms with Gasteiger partial charge in [0.05, 0.1) is 6.04 Å². The Morgan fingerprint density at radius 2 is 1.82 bits per heavy atom. The average molecular weight is 477 g/mol. The van der Waals surface area contributed by atoms with Crippen molar-refractivity contribution in [3.05, 3.63) is 62.8 Å². The highest BCUT2D eigenvalue weighted by molar-refractivity contribution is 5.99. The van der Waals surface area contributed by atoms with Crippen LogP contribution in [0.4, 0.5) is 13.2 Å². The third-order valence-corrected chi connectivity index (χ3v) is 7.20. The minimum Gasteiger partial charge on any atom is -0.503 e.